The fourth-order valence-electron chi connectivity index (χ4n) is 2.79. The molecule has 3 heteroatoms. The highest BCUT2D eigenvalue weighted by Crippen LogP contribution is 2.26. The van der Waals surface area contributed by atoms with Crippen LogP contribution in [0.25, 0.3) is 0 Å². The van der Waals surface area contributed by atoms with E-state index < -0.39 is 0 Å². The molecule has 2 unspecified atom stereocenters. The van der Waals surface area contributed by atoms with E-state index in [9.17, 15) is 4.79 Å². The number of rotatable bonds is 4. The lowest BCUT2D eigenvalue weighted by molar-refractivity contribution is -0.126. The van der Waals surface area contributed by atoms with Gasteiger partial charge in [-0.05, 0) is 29.5 Å². The summed E-state index contributed by atoms with van der Waals surface area (Å²) < 4.78 is 5.69. The topological polar surface area (TPSA) is 38.3 Å². The van der Waals surface area contributed by atoms with Gasteiger partial charge in [-0.3, -0.25) is 4.79 Å². The average Bonchev–Trinajstić information content (AvgIpc) is 2.59. The van der Waals surface area contributed by atoms with Crippen molar-refractivity contribution >= 4 is 5.91 Å². The van der Waals surface area contributed by atoms with Crippen LogP contribution < -0.4 is 10.1 Å². The quantitative estimate of drug-likeness (QED) is 0.941. The lowest BCUT2D eigenvalue weighted by Gasteiger charge is -2.25. The average molecular weight is 295 g/mol. The maximum absolute atomic E-state index is 12.4. The highest BCUT2D eigenvalue weighted by Gasteiger charge is 2.25. The number of carbonyl (C=O) groups excluding carboxylic acids is 1. The molecule has 0 bridgehead atoms. The van der Waals surface area contributed by atoms with Crippen LogP contribution in [-0.4, -0.2) is 19.1 Å². The predicted molar refractivity (Wildman–Crippen MR) is 87.0 cm³/mol. The number of para-hydroxylation sites is 1. The van der Waals surface area contributed by atoms with Crippen LogP contribution in [0.2, 0.25) is 0 Å². The summed E-state index contributed by atoms with van der Waals surface area (Å²) in [6.07, 6.45) is 0.752. The van der Waals surface area contributed by atoms with Crippen LogP contribution >= 0.6 is 0 Å². The Morgan fingerprint density at radius 2 is 1.91 bits per heavy atom. The molecule has 0 aliphatic carbocycles. The Bertz CT molecular complexity index is 639. The Labute approximate surface area is 131 Å². The summed E-state index contributed by atoms with van der Waals surface area (Å²) in [5, 5.41) is 3.06. The molecule has 0 spiro atoms. The van der Waals surface area contributed by atoms with Crippen molar-refractivity contribution in [2.45, 2.75) is 19.3 Å². The van der Waals surface area contributed by atoms with Crippen LogP contribution in [-0.2, 0) is 11.2 Å². The highest BCUT2D eigenvalue weighted by molar-refractivity contribution is 5.79. The molecular weight excluding hydrogens is 274 g/mol. The zero-order chi connectivity index (χ0) is 15.4. The summed E-state index contributed by atoms with van der Waals surface area (Å²) in [4.78, 5) is 12.4. The molecule has 3 rings (SSSR count). The van der Waals surface area contributed by atoms with Gasteiger partial charge in [-0.2, -0.15) is 0 Å². The van der Waals surface area contributed by atoms with Gasteiger partial charge in [-0.25, -0.2) is 0 Å². The van der Waals surface area contributed by atoms with E-state index in [0.29, 0.717) is 19.1 Å². The molecule has 2 atom stereocenters. The zero-order valence-electron chi connectivity index (χ0n) is 12.8. The molecule has 1 aliphatic heterocycles. The minimum atomic E-state index is -0.0992. The van der Waals surface area contributed by atoms with Gasteiger partial charge in [0.1, 0.15) is 12.4 Å². The molecular formula is C19H21NO2. The number of amides is 1. The van der Waals surface area contributed by atoms with Gasteiger partial charge in [0.15, 0.2) is 0 Å². The molecule has 0 aromatic heterocycles. The van der Waals surface area contributed by atoms with E-state index in [-0.39, 0.29) is 11.8 Å². The Kier molecular flexibility index (Phi) is 4.42. The fraction of sp³-hybridized carbons (Fsp3) is 0.316. The Hall–Kier alpha value is -2.29. The molecule has 2 aromatic carbocycles. The number of hydrogen-bond donors (Lipinski definition) is 1. The first kappa shape index (κ1) is 14.6. The summed E-state index contributed by atoms with van der Waals surface area (Å²) in [7, 11) is 0. The molecule has 2 aromatic rings. The minimum absolute atomic E-state index is 0.0808. The van der Waals surface area contributed by atoms with Crippen molar-refractivity contribution in [2.75, 3.05) is 13.2 Å². The van der Waals surface area contributed by atoms with Crippen molar-refractivity contribution in [1.29, 1.82) is 0 Å². The number of hydrogen-bond acceptors (Lipinski definition) is 2. The van der Waals surface area contributed by atoms with Gasteiger partial charge in [0.2, 0.25) is 5.91 Å². The summed E-state index contributed by atoms with van der Waals surface area (Å²) in [6, 6.07) is 18.2. The minimum Gasteiger partial charge on any atom is -0.492 e. The van der Waals surface area contributed by atoms with E-state index in [1.807, 2.05) is 42.5 Å². The van der Waals surface area contributed by atoms with Gasteiger partial charge in [0.05, 0.1) is 5.92 Å². The molecule has 1 heterocycles. The predicted octanol–water partition coefficient (Wildman–Crippen LogP) is 3.16. The van der Waals surface area contributed by atoms with E-state index in [1.165, 1.54) is 5.56 Å². The van der Waals surface area contributed by atoms with Crippen molar-refractivity contribution in [1.82, 2.24) is 5.32 Å². The molecule has 0 saturated heterocycles. The molecule has 1 N–H and O–H groups in total. The molecule has 1 aliphatic rings. The smallest absolute Gasteiger partial charge is 0.226 e. The number of benzene rings is 2. The van der Waals surface area contributed by atoms with Crippen molar-refractivity contribution in [3.63, 3.8) is 0 Å². The van der Waals surface area contributed by atoms with Crippen LogP contribution in [0.15, 0.2) is 54.6 Å². The van der Waals surface area contributed by atoms with Crippen LogP contribution in [0.1, 0.15) is 24.0 Å². The Morgan fingerprint density at radius 1 is 1.18 bits per heavy atom. The van der Waals surface area contributed by atoms with Gasteiger partial charge in [-0.1, -0.05) is 55.5 Å². The van der Waals surface area contributed by atoms with E-state index in [0.717, 1.165) is 17.7 Å². The van der Waals surface area contributed by atoms with Crippen LogP contribution in [0.4, 0.5) is 0 Å². The molecule has 22 heavy (non-hydrogen) atoms. The van der Waals surface area contributed by atoms with Crippen molar-refractivity contribution in [2.24, 2.45) is 5.92 Å². The lowest BCUT2D eigenvalue weighted by atomic mass is 9.95. The lowest BCUT2D eigenvalue weighted by Crippen LogP contribution is -2.38. The summed E-state index contributed by atoms with van der Waals surface area (Å²) >= 11 is 0. The van der Waals surface area contributed by atoms with Crippen LogP contribution in [0.3, 0.4) is 0 Å². The second-order valence-electron chi connectivity index (χ2n) is 5.88. The molecule has 114 valence electrons. The maximum Gasteiger partial charge on any atom is 0.226 e. The third kappa shape index (κ3) is 3.30. The molecule has 0 saturated carbocycles. The van der Waals surface area contributed by atoms with E-state index in [4.69, 9.17) is 4.74 Å². The van der Waals surface area contributed by atoms with Crippen LogP contribution in [0.5, 0.6) is 5.75 Å². The van der Waals surface area contributed by atoms with Crippen molar-refractivity contribution < 1.29 is 9.53 Å². The van der Waals surface area contributed by atoms with Gasteiger partial charge in [-0.15, -0.1) is 0 Å². The Balaban J connectivity index is 1.55. The van der Waals surface area contributed by atoms with E-state index >= 15 is 0 Å². The number of carbonyl (C=O) groups is 1. The Morgan fingerprint density at radius 3 is 2.73 bits per heavy atom. The fourth-order valence-corrected chi connectivity index (χ4v) is 2.79. The van der Waals surface area contributed by atoms with Gasteiger partial charge >= 0.3 is 0 Å². The number of fused-ring (bicyclic) bond motifs is 1. The van der Waals surface area contributed by atoms with Gasteiger partial charge in [0.25, 0.3) is 0 Å². The summed E-state index contributed by atoms with van der Waals surface area (Å²) in [6.45, 7) is 3.24. The third-order valence-corrected chi connectivity index (χ3v) is 4.20. The van der Waals surface area contributed by atoms with Crippen molar-refractivity contribution in [3.8, 4) is 5.75 Å². The number of ether oxygens (including phenoxy) is 1. The van der Waals surface area contributed by atoms with Crippen LogP contribution in [0, 0.1) is 5.92 Å². The molecule has 0 fully saturated rings. The first-order chi connectivity index (χ1) is 10.7. The molecule has 1 amide bonds. The number of nitrogens with one attached hydrogen (secondary N) is 1. The summed E-state index contributed by atoms with van der Waals surface area (Å²) in [5.41, 5.74) is 2.36. The first-order valence-electron chi connectivity index (χ1n) is 7.77. The zero-order valence-corrected chi connectivity index (χ0v) is 12.8. The van der Waals surface area contributed by atoms with E-state index in [2.05, 4.69) is 24.4 Å². The standard InChI is InChI=1S/C19H21NO2/c1-14(15-7-3-2-4-8-15)12-20-19(21)17-11-16-9-5-6-10-18(16)22-13-17/h2-10,14,17H,11-13H2,1H3,(H,20,21). The highest BCUT2D eigenvalue weighted by atomic mass is 16.5. The van der Waals surface area contributed by atoms with Crippen molar-refractivity contribution in [3.05, 3.63) is 65.7 Å². The molecule has 0 radical (unpaired) electrons. The summed E-state index contributed by atoms with van der Waals surface area (Å²) in [5.74, 6) is 1.20. The van der Waals surface area contributed by atoms with Gasteiger partial charge in [0, 0.05) is 6.54 Å². The first-order valence-corrected chi connectivity index (χ1v) is 7.77. The second kappa shape index (κ2) is 6.65. The van der Waals surface area contributed by atoms with Gasteiger partial charge < -0.3 is 10.1 Å². The maximum atomic E-state index is 12.4. The monoisotopic (exact) mass is 295 g/mol. The SMILES string of the molecule is CC(CNC(=O)C1COc2ccccc2C1)c1ccccc1. The molecule has 3 nitrogen and oxygen atoms in total. The van der Waals surface area contributed by atoms with E-state index in [1.54, 1.807) is 0 Å². The largest absolute Gasteiger partial charge is 0.492 e. The second-order valence-corrected chi connectivity index (χ2v) is 5.88. The normalized spacial score (nSPS) is 18.0. The third-order valence-electron chi connectivity index (χ3n) is 4.20.